The van der Waals surface area contributed by atoms with Gasteiger partial charge in [0.1, 0.15) is 6.54 Å². The van der Waals surface area contributed by atoms with Crippen molar-refractivity contribution in [2.45, 2.75) is 19.5 Å². The van der Waals surface area contributed by atoms with Crippen LogP contribution in [0.15, 0.2) is 48.7 Å². The number of fused-ring (bicyclic) bond motifs is 1. The summed E-state index contributed by atoms with van der Waals surface area (Å²) in [7, 11) is 0. The summed E-state index contributed by atoms with van der Waals surface area (Å²) in [5, 5.41) is 2.76. The van der Waals surface area contributed by atoms with Crippen LogP contribution in [0.4, 0.5) is 18.3 Å². The molecule has 3 aromatic rings. The lowest BCUT2D eigenvalue weighted by Crippen LogP contribution is -2.37. The zero-order chi connectivity index (χ0) is 23.0. The number of carbonyl (C=O) groups is 3. The lowest BCUT2D eigenvalue weighted by Gasteiger charge is -2.12. The van der Waals surface area contributed by atoms with Gasteiger partial charge in [-0.3, -0.25) is 19.3 Å². The second kappa shape index (κ2) is 8.19. The Morgan fingerprint density at radius 3 is 2.59 bits per heavy atom. The molecule has 0 saturated carbocycles. The van der Waals surface area contributed by atoms with Crippen molar-refractivity contribution < 1.29 is 27.6 Å². The highest BCUT2D eigenvalue weighted by molar-refractivity contribution is 7.15. The third-order valence-corrected chi connectivity index (χ3v) is 5.77. The number of amides is 3. The molecule has 0 aliphatic carbocycles. The Kier molecular flexibility index (Phi) is 5.55. The van der Waals surface area contributed by atoms with Gasteiger partial charge in [-0.05, 0) is 30.7 Å². The molecule has 1 N–H and O–H groups in total. The van der Waals surface area contributed by atoms with Gasteiger partial charge in [0.15, 0.2) is 5.13 Å². The van der Waals surface area contributed by atoms with Gasteiger partial charge in [-0.2, -0.15) is 13.2 Å². The third-order valence-electron chi connectivity index (χ3n) is 4.86. The molecule has 0 bridgehead atoms. The van der Waals surface area contributed by atoms with Crippen LogP contribution in [0.5, 0.6) is 0 Å². The average Bonchev–Trinajstić information content (AvgIpc) is 3.25. The number of benzene rings is 2. The molecule has 164 valence electrons. The largest absolute Gasteiger partial charge is 0.416 e. The number of halogens is 3. The molecule has 1 aromatic heterocycles. The van der Waals surface area contributed by atoms with Gasteiger partial charge in [0, 0.05) is 17.5 Å². The van der Waals surface area contributed by atoms with Crippen LogP contribution in [0.2, 0.25) is 0 Å². The number of hydrogen-bond donors (Lipinski definition) is 1. The SMILES string of the molecule is Cc1ccc2c(c1)C(=O)N(CC(=O)Nc1ncc(Cc3cccc(C(F)(F)F)c3)s1)C2=O. The van der Waals surface area contributed by atoms with Crippen molar-refractivity contribution in [3.63, 3.8) is 0 Å². The van der Waals surface area contributed by atoms with E-state index in [1.165, 1.54) is 12.3 Å². The Bertz CT molecular complexity index is 1240. The molecule has 3 amide bonds. The van der Waals surface area contributed by atoms with Crippen LogP contribution in [-0.4, -0.2) is 34.2 Å². The molecule has 0 atom stereocenters. The molecule has 0 unspecified atom stereocenters. The molecular formula is C22H16F3N3O3S. The van der Waals surface area contributed by atoms with Crippen molar-refractivity contribution in [2.75, 3.05) is 11.9 Å². The molecule has 0 fully saturated rings. The monoisotopic (exact) mass is 459 g/mol. The zero-order valence-electron chi connectivity index (χ0n) is 16.7. The summed E-state index contributed by atoms with van der Waals surface area (Å²) < 4.78 is 38.6. The van der Waals surface area contributed by atoms with Crippen LogP contribution in [0.3, 0.4) is 0 Å². The summed E-state index contributed by atoms with van der Waals surface area (Å²) in [5.41, 5.74) is 1.07. The Hall–Kier alpha value is -3.53. The van der Waals surface area contributed by atoms with Crippen molar-refractivity contribution in [1.29, 1.82) is 0 Å². The average molecular weight is 459 g/mol. The van der Waals surface area contributed by atoms with Crippen molar-refractivity contribution in [1.82, 2.24) is 9.88 Å². The maximum Gasteiger partial charge on any atom is 0.416 e. The van der Waals surface area contributed by atoms with E-state index in [-0.39, 0.29) is 22.7 Å². The van der Waals surface area contributed by atoms with E-state index in [0.29, 0.717) is 10.4 Å². The number of carbonyl (C=O) groups excluding carboxylic acids is 3. The van der Waals surface area contributed by atoms with E-state index >= 15 is 0 Å². The lowest BCUT2D eigenvalue weighted by atomic mass is 10.1. The van der Waals surface area contributed by atoms with Gasteiger partial charge < -0.3 is 5.32 Å². The van der Waals surface area contributed by atoms with E-state index in [1.54, 1.807) is 31.2 Å². The number of thiazole rings is 1. The molecule has 32 heavy (non-hydrogen) atoms. The number of aryl methyl sites for hydroxylation is 1. The van der Waals surface area contributed by atoms with E-state index in [1.807, 2.05) is 0 Å². The number of hydrogen-bond acceptors (Lipinski definition) is 5. The minimum Gasteiger partial charge on any atom is -0.300 e. The summed E-state index contributed by atoms with van der Waals surface area (Å²) in [6, 6.07) is 9.88. The topological polar surface area (TPSA) is 79.4 Å². The van der Waals surface area contributed by atoms with Crippen molar-refractivity contribution in [2.24, 2.45) is 0 Å². The van der Waals surface area contributed by atoms with Crippen LogP contribution in [0, 0.1) is 6.92 Å². The fraction of sp³-hybridized carbons (Fsp3) is 0.182. The number of anilines is 1. The quantitative estimate of drug-likeness (QED) is 0.577. The standard InChI is InChI=1S/C22H16F3N3O3S/c1-12-5-6-16-17(7-12)20(31)28(19(16)30)11-18(29)27-21-26-10-15(32-21)9-13-3-2-4-14(8-13)22(23,24)25/h2-8,10H,9,11H2,1H3,(H,26,27,29). The van der Waals surface area contributed by atoms with Gasteiger partial charge >= 0.3 is 6.18 Å². The normalized spacial score (nSPS) is 13.4. The predicted molar refractivity (Wildman–Crippen MR) is 112 cm³/mol. The Balaban J connectivity index is 1.40. The number of nitrogens with zero attached hydrogens (tertiary/aromatic N) is 2. The van der Waals surface area contributed by atoms with Crippen LogP contribution < -0.4 is 5.32 Å². The highest BCUT2D eigenvalue weighted by Gasteiger charge is 2.36. The number of aromatic nitrogens is 1. The Labute approximate surface area is 184 Å². The summed E-state index contributed by atoms with van der Waals surface area (Å²) in [6.45, 7) is 1.33. The van der Waals surface area contributed by atoms with E-state index in [0.717, 1.165) is 33.9 Å². The Morgan fingerprint density at radius 1 is 1.09 bits per heavy atom. The summed E-state index contributed by atoms with van der Waals surface area (Å²) in [6.07, 6.45) is -2.74. The summed E-state index contributed by atoms with van der Waals surface area (Å²) >= 11 is 1.11. The Morgan fingerprint density at radius 2 is 1.84 bits per heavy atom. The van der Waals surface area contributed by atoms with Gasteiger partial charge in [-0.25, -0.2) is 4.98 Å². The highest BCUT2D eigenvalue weighted by atomic mass is 32.1. The third kappa shape index (κ3) is 4.40. The van der Waals surface area contributed by atoms with Gasteiger partial charge in [-0.15, -0.1) is 11.3 Å². The molecule has 0 spiro atoms. The first-order valence-electron chi connectivity index (χ1n) is 9.49. The first-order chi connectivity index (χ1) is 15.1. The molecular weight excluding hydrogens is 443 g/mol. The summed E-state index contributed by atoms with van der Waals surface area (Å²) in [4.78, 5) is 42.9. The molecule has 6 nitrogen and oxygen atoms in total. The number of imide groups is 1. The number of alkyl halides is 3. The maximum atomic E-state index is 12.9. The molecule has 0 radical (unpaired) electrons. The second-order valence-corrected chi connectivity index (χ2v) is 8.42. The smallest absolute Gasteiger partial charge is 0.300 e. The summed E-state index contributed by atoms with van der Waals surface area (Å²) in [5.74, 6) is -1.67. The fourth-order valence-corrected chi connectivity index (χ4v) is 4.22. The molecule has 1 aliphatic heterocycles. The number of nitrogens with one attached hydrogen (secondary N) is 1. The van der Waals surface area contributed by atoms with E-state index in [9.17, 15) is 27.6 Å². The van der Waals surface area contributed by atoms with E-state index in [4.69, 9.17) is 0 Å². The van der Waals surface area contributed by atoms with Crippen molar-refractivity contribution in [3.8, 4) is 0 Å². The van der Waals surface area contributed by atoms with Gasteiger partial charge in [0.25, 0.3) is 11.8 Å². The molecule has 10 heteroatoms. The fourth-order valence-electron chi connectivity index (χ4n) is 3.36. The minimum atomic E-state index is -4.42. The lowest BCUT2D eigenvalue weighted by molar-refractivity contribution is -0.137. The molecule has 4 rings (SSSR count). The zero-order valence-corrected chi connectivity index (χ0v) is 17.5. The molecule has 2 aromatic carbocycles. The van der Waals surface area contributed by atoms with E-state index < -0.39 is 36.0 Å². The minimum absolute atomic E-state index is 0.217. The van der Waals surface area contributed by atoms with Crippen LogP contribution in [0.25, 0.3) is 0 Å². The van der Waals surface area contributed by atoms with Crippen molar-refractivity contribution >= 4 is 34.2 Å². The first-order valence-corrected chi connectivity index (χ1v) is 10.3. The van der Waals surface area contributed by atoms with Crippen molar-refractivity contribution in [3.05, 3.63) is 81.4 Å². The van der Waals surface area contributed by atoms with Gasteiger partial charge in [0.2, 0.25) is 5.91 Å². The van der Waals surface area contributed by atoms with E-state index in [2.05, 4.69) is 10.3 Å². The van der Waals surface area contributed by atoms with Gasteiger partial charge in [0.05, 0.1) is 16.7 Å². The van der Waals surface area contributed by atoms with Crippen LogP contribution >= 0.6 is 11.3 Å². The highest BCUT2D eigenvalue weighted by Crippen LogP contribution is 2.31. The van der Waals surface area contributed by atoms with Crippen LogP contribution in [-0.2, 0) is 17.4 Å². The molecule has 1 aliphatic rings. The van der Waals surface area contributed by atoms with Crippen LogP contribution in [0.1, 0.15) is 42.3 Å². The first kappa shape index (κ1) is 21.7. The molecule has 2 heterocycles. The van der Waals surface area contributed by atoms with Gasteiger partial charge in [-0.1, -0.05) is 29.8 Å². The molecule has 0 saturated heterocycles. The predicted octanol–water partition coefficient (Wildman–Crippen LogP) is 4.30. The second-order valence-electron chi connectivity index (χ2n) is 7.30. The maximum absolute atomic E-state index is 12.9. The number of rotatable bonds is 5.